The summed E-state index contributed by atoms with van der Waals surface area (Å²) in [4.78, 5) is 4.40. The highest BCUT2D eigenvalue weighted by molar-refractivity contribution is 6.00. The van der Waals surface area contributed by atoms with E-state index in [4.69, 9.17) is 10.5 Å². The van der Waals surface area contributed by atoms with Crippen LogP contribution in [0.25, 0.3) is 10.8 Å². The summed E-state index contributed by atoms with van der Waals surface area (Å²) >= 11 is 0. The Hall–Kier alpha value is -2.75. The summed E-state index contributed by atoms with van der Waals surface area (Å²) in [5, 5.41) is 5.27. The van der Waals surface area contributed by atoms with Crippen LogP contribution >= 0.6 is 0 Å². The second-order valence-corrected chi connectivity index (χ2v) is 4.43. The number of anilines is 3. The molecule has 4 nitrogen and oxygen atoms in total. The third kappa shape index (κ3) is 2.12. The van der Waals surface area contributed by atoms with Crippen LogP contribution in [0.1, 0.15) is 0 Å². The van der Waals surface area contributed by atoms with Gasteiger partial charge in [-0.1, -0.05) is 24.3 Å². The van der Waals surface area contributed by atoms with Gasteiger partial charge in [-0.05, 0) is 24.3 Å². The lowest BCUT2D eigenvalue weighted by Gasteiger charge is -2.12. The predicted octanol–water partition coefficient (Wildman–Crippen LogP) is 3.57. The molecule has 0 fully saturated rings. The molecular formula is C16H15N3O. The van der Waals surface area contributed by atoms with Gasteiger partial charge in [0.25, 0.3) is 0 Å². The zero-order valence-electron chi connectivity index (χ0n) is 11.1. The van der Waals surface area contributed by atoms with Crippen molar-refractivity contribution in [2.24, 2.45) is 0 Å². The molecule has 20 heavy (non-hydrogen) atoms. The fourth-order valence-electron chi connectivity index (χ4n) is 2.21. The lowest BCUT2D eigenvalue weighted by Crippen LogP contribution is -1.98. The maximum atomic E-state index is 5.99. The number of nitrogens with zero attached hydrogens (tertiary/aromatic N) is 1. The van der Waals surface area contributed by atoms with Crippen LogP contribution in [0.4, 0.5) is 17.2 Å². The Morgan fingerprint density at radius 1 is 1.00 bits per heavy atom. The lowest BCUT2D eigenvalue weighted by atomic mass is 10.1. The topological polar surface area (TPSA) is 60.2 Å². The Kier molecular flexibility index (Phi) is 3.13. The van der Waals surface area contributed by atoms with E-state index in [1.54, 1.807) is 13.3 Å². The Morgan fingerprint density at radius 3 is 2.70 bits per heavy atom. The van der Waals surface area contributed by atoms with Gasteiger partial charge in [-0.3, -0.25) is 0 Å². The van der Waals surface area contributed by atoms with E-state index in [0.717, 1.165) is 33.7 Å². The fraction of sp³-hybridized carbons (Fsp3) is 0.0625. The van der Waals surface area contributed by atoms with Crippen molar-refractivity contribution in [1.82, 2.24) is 4.98 Å². The van der Waals surface area contributed by atoms with Crippen molar-refractivity contribution in [2.45, 2.75) is 0 Å². The molecule has 0 unspecified atom stereocenters. The van der Waals surface area contributed by atoms with Crippen LogP contribution in [0.3, 0.4) is 0 Å². The molecule has 0 saturated heterocycles. The number of pyridine rings is 1. The fourth-order valence-corrected chi connectivity index (χ4v) is 2.21. The molecule has 1 heterocycles. The normalized spacial score (nSPS) is 10.4. The van der Waals surface area contributed by atoms with Crippen molar-refractivity contribution in [3.8, 4) is 5.75 Å². The molecule has 0 radical (unpaired) electrons. The number of nitrogens with two attached hydrogens (primary N) is 1. The Balaban J connectivity index is 2.09. The van der Waals surface area contributed by atoms with E-state index < -0.39 is 0 Å². The number of para-hydroxylation sites is 2. The minimum Gasteiger partial charge on any atom is -0.495 e. The standard InChI is InChI=1S/C16H15N3O/c1-20-15-8-3-2-7-14(15)19-16-12-5-4-6-13(17)11(12)9-10-18-16/h2-10H,17H2,1H3,(H,18,19). The number of hydrogen-bond donors (Lipinski definition) is 2. The zero-order valence-corrected chi connectivity index (χ0v) is 11.1. The van der Waals surface area contributed by atoms with E-state index >= 15 is 0 Å². The second-order valence-electron chi connectivity index (χ2n) is 4.43. The summed E-state index contributed by atoms with van der Waals surface area (Å²) in [6.45, 7) is 0. The number of nitrogen functional groups attached to an aromatic ring is 1. The molecule has 0 spiro atoms. The number of fused-ring (bicyclic) bond motifs is 1. The van der Waals surface area contributed by atoms with Crippen molar-refractivity contribution < 1.29 is 4.74 Å². The van der Waals surface area contributed by atoms with Gasteiger partial charge in [-0.2, -0.15) is 0 Å². The largest absolute Gasteiger partial charge is 0.495 e. The van der Waals surface area contributed by atoms with Crippen molar-refractivity contribution >= 4 is 28.0 Å². The van der Waals surface area contributed by atoms with Crippen LogP contribution in [0.5, 0.6) is 5.75 Å². The van der Waals surface area contributed by atoms with Crippen molar-refractivity contribution in [2.75, 3.05) is 18.2 Å². The van der Waals surface area contributed by atoms with Crippen LogP contribution in [-0.4, -0.2) is 12.1 Å². The highest BCUT2D eigenvalue weighted by Crippen LogP contribution is 2.31. The first-order valence-electron chi connectivity index (χ1n) is 6.33. The molecule has 0 amide bonds. The second kappa shape index (κ2) is 5.09. The minimum atomic E-state index is 0.743. The van der Waals surface area contributed by atoms with Gasteiger partial charge >= 0.3 is 0 Å². The van der Waals surface area contributed by atoms with Gasteiger partial charge in [0.15, 0.2) is 0 Å². The minimum absolute atomic E-state index is 0.743. The molecule has 2 aromatic carbocycles. The summed E-state index contributed by atoms with van der Waals surface area (Å²) in [5.74, 6) is 1.54. The van der Waals surface area contributed by atoms with E-state index in [2.05, 4.69) is 10.3 Å². The number of hydrogen-bond acceptors (Lipinski definition) is 4. The molecule has 0 aliphatic heterocycles. The quantitative estimate of drug-likeness (QED) is 0.711. The molecule has 100 valence electrons. The third-order valence-electron chi connectivity index (χ3n) is 3.20. The van der Waals surface area contributed by atoms with E-state index in [1.807, 2.05) is 48.5 Å². The smallest absolute Gasteiger partial charge is 0.142 e. The number of benzene rings is 2. The molecule has 1 aromatic heterocycles. The Morgan fingerprint density at radius 2 is 1.85 bits per heavy atom. The summed E-state index contributed by atoms with van der Waals surface area (Å²) < 4.78 is 5.34. The molecule has 0 aliphatic rings. The highest BCUT2D eigenvalue weighted by atomic mass is 16.5. The highest BCUT2D eigenvalue weighted by Gasteiger charge is 2.07. The molecule has 3 N–H and O–H groups in total. The predicted molar refractivity (Wildman–Crippen MR) is 82.4 cm³/mol. The van der Waals surface area contributed by atoms with Crippen LogP contribution < -0.4 is 15.8 Å². The molecule has 3 aromatic rings. The van der Waals surface area contributed by atoms with E-state index in [0.29, 0.717) is 0 Å². The summed E-state index contributed by atoms with van der Waals surface area (Å²) in [7, 11) is 1.65. The number of aromatic nitrogens is 1. The molecular weight excluding hydrogens is 250 g/mol. The zero-order chi connectivity index (χ0) is 13.9. The third-order valence-corrected chi connectivity index (χ3v) is 3.20. The van der Waals surface area contributed by atoms with Gasteiger partial charge in [0.1, 0.15) is 11.6 Å². The molecule has 0 bridgehead atoms. The van der Waals surface area contributed by atoms with Gasteiger partial charge in [-0.15, -0.1) is 0 Å². The first-order valence-corrected chi connectivity index (χ1v) is 6.33. The number of ether oxygens (including phenoxy) is 1. The van der Waals surface area contributed by atoms with E-state index in [1.165, 1.54) is 0 Å². The lowest BCUT2D eigenvalue weighted by molar-refractivity contribution is 0.417. The molecule has 3 rings (SSSR count). The average molecular weight is 265 g/mol. The maximum absolute atomic E-state index is 5.99. The van der Waals surface area contributed by atoms with Gasteiger partial charge < -0.3 is 15.8 Å². The van der Waals surface area contributed by atoms with Gasteiger partial charge in [-0.25, -0.2) is 4.98 Å². The number of nitrogens with one attached hydrogen (secondary N) is 1. The van der Waals surface area contributed by atoms with Crippen LogP contribution in [0.2, 0.25) is 0 Å². The van der Waals surface area contributed by atoms with Gasteiger partial charge in [0.2, 0.25) is 0 Å². The molecule has 0 aliphatic carbocycles. The van der Waals surface area contributed by atoms with Gasteiger partial charge in [0.05, 0.1) is 12.8 Å². The summed E-state index contributed by atoms with van der Waals surface area (Å²) in [6.07, 6.45) is 1.75. The van der Waals surface area contributed by atoms with Crippen LogP contribution in [0, 0.1) is 0 Å². The first kappa shape index (κ1) is 12.3. The van der Waals surface area contributed by atoms with E-state index in [-0.39, 0.29) is 0 Å². The average Bonchev–Trinajstić information content (AvgIpc) is 2.49. The Bertz CT molecular complexity index is 756. The van der Waals surface area contributed by atoms with Crippen LogP contribution in [0.15, 0.2) is 54.7 Å². The monoisotopic (exact) mass is 265 g/mol. The number of methoxy groups -OCH3 is 1. The summed E-state index contributed by atoms with van der Waals surface area (Å²) in [6, 6.07) is 15.5. The van der Waals surface area contributed by atoms with Crippen LogP contribution in [-0.2, 0) is 0 Å². The van der Waals surface area contributed by atoms with Crippen molar-refractivity contribution in [3.05, 3.63) is 54.7 Å². The van der Waals surface area contributed by atoms with Crippen molar-refractivity contribution in [3.63, 3.8) is 0 Å². The first-order chi connectivity index (χ1) is 9.79. The van der Waals surface area contributed by atoms with Crippen molar-refractivity contribution in [1.29, 1.82) is 0 Å². The maximum Gasteiger partial charge on any atom is 0.142 e. The molecule has 0 saturated carbocycles. The van der Waals surface area contributed by atoms with E-state index in [9.17, 15) is 0 Å². The van der Waals surface area contributed by atoms with Gasteiger partial charge in [0, 0.05) is 22.7 Å². The summed E-state index contributed by atoms with van der Waals surface area (Å²) in [5.41, 5.74) is 7.61. The molecule has 4 heteroatoms. The number of rotatable bonds is 3. The Labute approximate surface area is 117 Å². The SMILES string of the molecule is COc1ccccc1Nc1nccc2c(N)cccc12. The molecule has 0 atom stereocenters.